The maximum Gasteiger partial charge on any atom is 0.169 e. The molecule has 1 atom stereocenters. The predicted molar refractivity (Wildman–Crippen MR) is 98.2 cm³/mol. The first-order valence-electron chi connectivity index (χ1n) is 8.98. The molecule has 0 saturated heterocycles. The number of hydrogen-bond acceptors (Lipinski definition) is 2. The molecule has 3 nitrogen and oxygen atoms in total. The number of rotatable bonds is 6. The summed E-state index contributed by atoms with van der Waals surface area (Å²) in [6, 6.07) is 8.16. The zero-order valence-electron chi connectivity index (χ0n) is 15.5. The van der Waals surface area contributed by atoms with Crippen LogP contribution in [0.2, 0.25) is 0 Å². The van der Waals surface area contributed by atoms with E-state index >= 15 is 0 Å². The molecule has 0 aliphatic heterocycles. The second kappa shape index (κ2) is 5.73. The van der Waals surface area contributed by atoms with Crippen LogP contribution in [0.1, 0.15) is 57.8 Å². The fourth-order valence-electron chi connectivity index (χ4n) is 4.19. The molecule has 1 aromatic heterocycles. The molecule has 3 rings (SSSR count). The van der Waals surface area contributed by atoms with Crippen LogP contribution in [0.3, 0.4) is 0 Å². The SMILES string of the molecule is CC(O)CCCn1cc(C(=O)C2C(C)(C)C2(C)C)c2ccccc21. The van der Waals surface area contributed by atoms with Crippen molar-refractivity contribution in [2.45, 2.75) is 60.1 Å². The highest BCUT2D eigenvalue weighted by Gasteiger charge is 2.68. The van der Waals surface area contributed by atoms with E-state index in [0.717, 1.165) is 35.9 Å². The minimum atomic E-state index is -0.277. The molecular weight excluding hydrogens is 298 g/mol. The molecule has 0 radical (unpaired) electrons. The van der Waals surface area contributed by atoms with Crippen LogP contribution in [-0.4, -0.2) is 21.6 Å². The van der Waals surface area contributed by atoms with E-state index in [0.29, 0.717) is 0 Å². The smallest absolute Gasteiger partial charge is 0.169 e. The van der Waals surface area contributed by atoms with Crippen LogP contribution in [0.4, 0.5) is 0 Å². The highest BCUT2D eigenvalue weighted by molar-refractivity contribution is 6.11. The molecule has 24 heavy (non-hydrogen) atoms. The first kappa shape index (κ1) is 17.2. The minimum absolute atomic E-state index is 0.0552. The van der Waals surface area contributed by atoms with Crippen molar-refractivity contribution in [3.8, 4) is 0 Å². The maximum absolute atomic E-state index is 13.2. The van der Waals surface area contributed by atoms with Gasteiger partial charge in [-0.2, -0.15) is 0 Å². The third-order valence-corrected chi connectivity index (χ3v) is 6.36. The third kappa shape index (κ3) is 2.59. The summed E-state index contributed by atoms with van der Waals surface area (Å²) >= 11 is 0. The molecule has 3 heteroatoms. The first-order chi connectivity index (χ1) is 11.2. The average molecular weight is 327 g/mol. The van der Waals surface area contributed by atoms with Crippen LogP contribution in [-0.2, 0) is 6.54 Å². The summed E-state index contributed by atoms with van der Waals surface area (Å²) in [5, 5.41) is 10.5. The summed E-state index contributed by atoms with van der Waals surface area (Å²) in [4.78, 5) is 13.2. The van der Waals surface area contributed by atoms with Gasteiger partial charge in [0, 0.05) is 35.1 Å². The summed E-state index contributed by atoms with van der Waals surface area (Å²) in [5.74, 6) is 0.359. The van der Waals surface area contributed by atoms with E-state index in [9.17, 15) is 9.90 Å². The Labute approximate surface area is 144 Å². The zero-order chi connectivity index (χ0) is 17.7. The maximum atomic E-state index is 13.2. The number of benzene rings is 1. The van der Waals surface area contributed by atoms with Gasteiger partial charge < -0.3 is 9.67 Å². The van der Waals surface area contributed by atoms with E-state index in [1.807, 2.05) is 25.3 Å². The molecule has 0 amide bonds. The standard InChI is InChI=1S/C21H29NO2/c1-14(23)9-8-12-22-13-16(15-10-6-7-11-17(15)22)18(24)19-20(2,3)21(19,4)5/h6-7,10-11,13-14,19,23H,8-9,12H2,1-5H3. The Morgan fingerprint density at radius 3 is 2.42 bits per heavy atom. The van der Waals surface area contributed by atoms with Crippen molar-refractivity contribution in [1.82, 2.24) is 4.57 Å². The summed E-state index contributed by atoms with van der Waals surface area (Å²) in [5.41, 5.74) is 2.08. The average Bonchev–Trinajstić information content (AvgIpc) is 2.80. The summed E-state index contributed by atoms with van der Waals surface area (Å²) in [6.45, 7) is 11.4. The number of aromatic nitrogens is 1. The lowest BCUT2D eigenvalue weighted by Gasteiger charge is -2.06. The Bertz CT molecular complexity index is 753. The molecule has 1 aliphatic carbocycles. The van der Waals surface area contributed by atoms with E-state index in [2.05, 4.69) is 44.4 Å². The summed E-state index contributed by atoms with van der Waals surface area (Å²) in [6.07, 6.45) is 3.43. The van der Waals surface area contributed by atoms with E-state index in [1.165, 1.54) is 0 Å². The summed E-state index contributed by atoms with van der Waals surface area (Å²) in [7, 11) is 0. The number of fused-ring (bicyclic) bond motifs is 1. The Hall–Kier alpha value is -1.61. The van der Waals surface area contributed by atoms with Gasteiger partial charge in [-0.25, -0.2) is 0 Å². The lowest BCUT2D eigenvalue weighted by molar-refractivity contribution is 0.0946. The lowest BCUT2D eigenvalue weighted by atomic mass is 10.0. The zero-order valence-corrected chi connectivity index (χ0v) is 15.5. The Morgan fingerprint density at radius 2 is 1.83 bits per heavy atom. The van der Waals surface area contributed by atoms with Crippen molar-refractivity contribution in [3.63, 3.8) is 0 Å². The molecule has 0 bridgehead atoms. The van der Waals surface area contributed by atoms with Crippen molar-refractivity contribution >= 4 is 16.7 Å². The number of aliphatic hydroxyl groups excluding tert-OH is 1. The lowest BCUT2D eigenvalue weighted by Crippen LogP contribution is -2.07. The van der Waals surface area contributed by atoms with E-state index in [4.69, 9.17) is 0 Å². The summed E-state index contributed by atoms with van der Waals surface area (Å²) < 4.78 is 2.17. The van der Waals surface area contributed by atoms with E-state index < -0.39 is 0 Å². The van der Waals surface area contributed by atoms with Crippen LogP contribution >= 0.6 is 0 Å². The predicted octanol–water partition coefficient (Wildman–Crippen LogP) is 4.67. The van der Waals surface area contributed by atoms with Crippen LogP contribution in [0, 0.1) is 16.7 Å². The van der Waals surface area contributed by atoms with Gasteiger partial charge in [0.15, 0.2) is 5.78 Å². The van der Waals surface area contributed by atoms with Crippen molar-refractivity contribution < 1.29 is 9.90 Å². The molecule has 1 aliphatic rings. The van der Waals surface area contributed by atoms with Crippen LogP contribution in [0.25, 0.3) is 10.9 Å². The van der Waals surface area contributed by atoms with Gasteiger partial charge in [0.05, 0.1) is 6.10 Å². The first-order valence-corrected chi connectivity index (χ1v) is 8.98. The second-order valence-electron chi connectivity index (χ2n) is 8.49. The fourth-order valence-corrected chi connectivity index (χ4v) is 4.19. The van der Waals surface area contributed by atoms with Crippen molar-refractivity contribution in [1.29, 1.82) is 0 Å². The molecule has 1 heterocycles. The minimum Gasteiger partial charge on any atom is -0.393 e. The molecule has 130 valence electrons. The van der Waals surface area contributed by atoms with Gasteiger partial charge in [0.1, 0.15) is 0 Å². The molecule has 1 N–H and O–H groups in total. The van der Waals surface area contributed by atoms with Gasteiger partial charge in [-0.1, -0.05) is 45.9 Å². The number of aryl methyl sites for hydroxylation is 1. The molecular formula is C21H29NO2. The van der Waals surface area contributed by atoms with Gasteiger partial charge in [0.2, 0.25) is 0 Å². The highest BCUT2D eigenvalue weighted by Crippen LogP contribution is 2.69. The molecule has 1 unspecified atom stereocenters. The second-order valence-corrected chi connectivity index (χ2v) is 8.49. The van der Waals surface area contributed by atoms with Crippen molar-refractivity contribution in [3.05, 3.63) is 36.0 Å². The van der Waals surface area contributed by atoms with E-state index in [-0.39, 0.29) is 28.6 Å². The van der Waals surface area contributed by atoms with Crippen LogP contribution in [0.5, 0.6) is 0 Å². The van der Waals surface area contributed by atoms with Gasteiger partial charge >= 0.3 is 0 Å². The number of Topliss-reactive ketones (excluding diaryl/α,β-unsaturated/α-hetero) is 1. The Kier molecular flexibility index (Phi) is 4.11. The van der Waals surface area contributed by atoms with Crippen LogP contribution < -0.4 is 0 Å². The highest BCUT2D eigenvalue weighted by atomic mass is 16.3. The molecule has 1 saturated carbocycles. The fraction of sp³-hybridized carbons (Fsp3) is 0.571. The largest absolute Gasteiger partial charge is 0.393 e. The number of aliphatic hydroxyl groups is 1. The molecule has 1 fully saturated rings. The Balaban J connectivity index is 1.93. The number of ketones is 1. The van der Waals surface area contributed by atoms with Crippen LogP contribution in [0.15, 0.2) is 30.5 Å². The third-order valence-electron chi connectivity index (χ3n) is 6.36. The number of hydrogen-bond donors (Lipinski definition) is 1. The number of carbonyl (C=O) groups excluding carboxylic acids is 1. The van der Waals surface area contributed by atoms with Gasteiger partial charge in [-0.15, -0.1) is 0 Å². The quantitative estimate of drug-likeness (QED) is 0.784. The van der Waals surface area contributed by atoms with Gasteiger partial charge in [0.25, 0.3) is 0 Å². The molecule has 1 aromatic carbocycles. The van der Waals surface area contributed by atoms with E-state index in [1.54, 1.807) is 0 Å². The van der Waals surface area contributed by atoms with Gasteiger partial charge in [-0.05, 0) is 36.7 Å². The Morgan fingerprint density at radius 1 is 1.21 bits per heavy atom. The monoisotopic (exact) mass is 327 g/mol. The number of nitrogens with zero attached hydrogens (tertiary/aromatic N) is 1. The normalized spacial score (nSPS) is 20.2. The topological polar surface area (TPSA) is 42.2 Å². The molecule has 2 aromatic rings. The molecule has 0 spiro atoms. The van der Waals surface area contributed by atoms with Gasteiger partial charge in [-0.3, -0.25) is 4.79 Å². The number of carbonyl (C=O) groups is 1. The number of para-hydroxylation sites is 1. The van der Waals surface area contributed by atoms with Crippen molar-refractivity contribution in [2.24, 2.45) is 16.7 Å². The van der Waals surface area contributed by atoms with Crippen molar-refractivity contribution in [2.75, 3.05) is 0 Å².